The van der Waals surface area contributed by atoms with Crippen molar-refractivity contribution in [2.45, 2.75) is 88.6 Å². The van der Waals surface area contributed by atoms with Crippen molar-refractivity contribution in [2.24, 2.45) is 0 Å². The molecular formula is C39H46N2O9S. The molecule has 3 aromatic carbocycles. The van der Waals surface area contributed by atoms with Crippen molar-refractivity contribution < 1.29 is 42.8 Å². The minimum absolute atomic E-state index is 0.109. The first-order chi connectivity index (χ1) is 24.7. The van der Waals surface area contributed by atoms with E-state index in [0.29, 0.717) is 12.2 Å². The second-order valence-electron chi connectivity index (χ2n) is 13.3. The first kappa shape index (κ1) is 36.8. The lowest BCUT2D eigenvalue weighted by Crippen LogP contribution is -2.56. The molecule has 0 bridgehead atoms. The molecule has 51 heavy (non-hydrogen) atoms. The molecule has 272 valence electrons. The van der Waals surface area contributed by atoms with Gasteiger partial charge in [0.2, 0.25) is 5.91 Å². The number of benzene rings is 3. The van der Waals surface area contributed by atoms with E-state index >= 15 is 0 Å². The standard InChI is InChI=1S/C39H46N2O9S/c1-5-45-32(42)21-31(33-34(46-22-24-13-7-6-8-14-24)35-37(48-33)50-39(2,3)49-35)40-36(43)30(19-20-51-4)41-38(44)47-23-29-27-17-11-9-15-25(27)26-16-10-12-18-28(26)29/h6-18,29-31,33-35,37H,5,19-23H2,1-4H3,(H,40,43)(H,41,44)/t30-,31+,33+,34-,35+,37+/m0/s1. The van der Waals surface area contributed by atoms with E-state index in [1.807, 2.05) is 73.0 Å². The number of esters is 1. The van der Waals surface area contributed by atoms with Crippen molar-refractivity contribution in [1.82, 2.24) is 10.6 Å². The highest BCUT2D eigenvalue weighted by Crippen LogP contribution is 2.44. The van der Waals surface area contributed by atoms with Gasteiger partial charge in [-0.1, -0.05) is 78.9 Å². The Morgan fingerprint density at radius 2 is 1.55 bits per heavy atom. The topological polar surface area (TPSA) is 131 Å². The fraction of sp³-hybridized carbons (Fsp3) is 0.462. The van der Waals surface area contributed by atoms with E-state index < -0.39 is 60.4 Å². The van der Waals surface area contributed by atoms with Gasteiger partial charge in [-0.15, -0.1) is 0 Å². The molecule has 2 aliphatic heterocycles. The molecule has 2 saturated heterocycles. The summed E-state index contributed by atoms with van der Waals surface area (Å²) >= 11 is 1.55. The third-order valence-corrected chi connectivity index (χ3v) is 9.94. The Hall–Kier alpha value is -3.94. The number of amides is 2. The summed E-state index contributed by atoms with van der Waals surface area (Å²) in [5.41, 5.74) is 5.36. The van der Waals surface area contributed by atoms with Crippen LogP contribution in [-0.4, -0.2) is 85.7 Å². The van der Waals surface area contributed by atoms with Gasteiger partial charge in [0, 0.05) is 5.92 Å². The molecule has 3 aromatic rings. The molecule has 2 fully saturated rings. The van der Waals surface area contributed by atoms with Crippen molar-refractivity contribution in [1.29, 1.82) is 0 Å². The van der Waals surface area contributed by atoms with Gasteiger partial charge in [-0.3, -0.25) is 9.59 Å². The van der Waals surface area contributed by atoms with Crippen molar-refractivity contribution in [3.05, 3.63) is 95.6 Å². The van der Waals surface area contributed by atoms with Crippen LogP contribution in [0.2, 0.25) is 0 Å². The van der Waals surface area contributed by atoms with Gasteiger partial charge in [0.15, 0.2) is 12.1 Å². The second-order valence-corrected chi connectivity index (χ2v) is 14.2. The van der Waals surface area contributed by atoms with Gasteiger partial charge < -0.3 is 39.1 Å². The molecule has 0 saturated carbocycles. The van der Waals surface area contributed by atoms with Crippen molar-refractivity contribution in [2.75, 3.05) is 25.2 Å². The molecule has 0 radical (unpaired) electrons. The Labute approximate surface area is 303 Å². The lowest BCUT2D eigenvalue weighted by molar-refractivity contribution is -0.223. The fourth-order valence-electron chi connectivity index (χ4n) is 7.00. The Balaban J connectivity index is 1.16. The predicted octanol–water partition coefficient (Wildman–Crippen LogP) is 5.55. The average Bonchev–Trinajstić information content (AvgIpc) is 3.73. The Kier molecular flexibility index (Phi) is 12.0. The summed E-state index contributed by atoms with van der Waals surface area (Å²) in [4.78, 5) is 40.2. The zero-order valence-electron chi connectivity index (χ0n) is 29.4. The molecule has 6 atom stereocenters. The van der Waals surface area contributed by atoms with Crippen LogP contribution in [0, 0.1) is 0 Å². The summed E-state index contributed by atoms with van der Waals surface area (Å²) < 4.78 is 36.0. The third-order valence-electron chi connectivity index (χ3n) is 9.29. The van der Waals surface area contributed by atoms with Gasteiger partial charge in [0.05, 0.1) is 25.7 Å². The van der Waals surface area contributed by atoms with Crippen LogP contribution in [0.4, 0.5) is 4.79 Å². The maximum atomic E-state index is 14.0. The first-order valence-corrected chi connectivity index (χ1v) is 18.8. The summed E-state index contributed by atoms with van der Waals surface area (Å²) in [5.74, 6) is -1.45. The number of carbonyl (C=O) groups is 3. The van der Waals surface area contributed by atoms with Crippen molar-refractivity contribution in [3.63, 3.8) is 0 Å². The number of hydrogen-bond acceptors (Lipinski definition) is 10. The highest BCUT2D eigenvalue weighted by atomic mass is 32.2. The molecule has 0 unspecified atom stereocenters. The summed E-state index contributed by atoms with van der Waals surface area (Å²) in [6, 6.07) is 24.0. The van der Waals surface area contributed by atoms with Gasteiger partial charge in [-0.25, -0.2) is 4.79 Å². The number of thioether (sulfide) groups is 1. The van der Waals surface area contributed by atoms with Crippen LogP contribution < -0.4 is 10.6 Å². The Bertz CT molecular complexity index is 1630. The highest BCUT2D eigenvalue weighted by Gasteiger charge is 2.57. The van der Waals surface area contributed by atoms with Crippen LogP contribution in [0.5, 0.6) is 0 Å². The molecular weight excluding hydrogens is 673 g/mol. The number of nitrogens with one attached hydrogen (secondary N) is 2. The summed E-state index contributed by atoms with van der Waals surface area (Å²) in [6.45, 7) is 5.83. The maximum absolute atomic E-state index is 14.0. The Morgan fingerprint density at radius 3 is 2.22 bits per heavy atom. The zero-order valence-corrected chi connectivity index (χ0v) is 30.2. The molecule has 12 heteroatoms. The quantitative estimate of drug-likeness (QED) is 0.193. The molecule has 2 amide bonds. The summed E-state index contributed by atoms with van der Waals surface area (Å²) in [7, 11) is 0. The number of rotatable bonds is 15. The van der Waals surface area contributed by atoms with Gasteiger partial charge in [-0.2, -0.15) is 11.8 Å². The van der Waals surface area contributed by atoms with Crippen LogP contribution in [0.3, 0.4) is 0 Å². The Morgan fingerprint density at radius 1 is 0.882 bits per heavy atom. The molecule has 6 rings (SSSR count). The van der Waals surface area contributed by atoms with E-state index in [0.717, 1.165) is 27.8 Å². The average molecular weight is 719 g/mol. The van der Waals surface area contributed by atoms with E-state index in [2.05, 4.69) is 22.8 Å². The molecule has 11 nitrogen and oxygen atoms in total. The minimum atomic E-state index is -0.950. The number of hydrogen-bond donors (Lipinski definition) is 2. The second kappa shape index (κ2) is 16.6. The molecule has 0 aromatic heterocycles. The number of fused-ring (bicyclic) bond motifs is 4. The molecule has 2 heterocycles. The largest absolute Gasteiger partial charge is 0.466 e. The molecule has 0 spiro atoms. The molecule has 3 aliphatic rings. The van der Waals surface area contributed by atoms with E-state index in [1.165, 1.54) is 0 Å². The van der Waals surface area contributed by atoms with Gasteiger partial charge in [-0.05, 0) is 67.0 Å². The summed E-state index contributed by atoms with van der Waals surface area (Å²) in [5, 5.41) is 5.77. The maximum Gasteiger partial charge on any atom is 0.407 e. The van der Waals surface area contributed by atoms with E-state index in [9.17, 15) is 14.4 Å². The van der Waals surface area contributed by atoms with Gasteiger partial charge in [0.25, 0.3) is 0 Å². The van der Waals surface area contributed by atoms with Crippen LogP contribution in [0.15, 0.2) is 78.9 Å². The number of alkyl carbamates (subject to hydrolysis) is 1. The van der Waals surface area contributed by atoms with E-state index in [4.69, 9.17) is 28.4 Å². The molecule has 1 aliphatic carbocycles. The smallest absolute Gasteiger partial charge is 0.407 e. The number of ether oxygens (including phenoxy) is 6. The van der Waals surface area contributed by atoms with E-state index in [-0.39, 0.29) is 32.2 Å². The number of carbonyl (C=O) groups excluding carboxylic acids is 3. The highest BCUT2D eigenvalue weighted by molar-refractivity contribution is 7.98. The zero-order chi connectivity index (χ0) is 36.0. The first-order valence-electron chi connectivity index (χ1n) is 17.4. The van der Waals surface area contributed by atoms with Crippen LogP contribution in [-0.2, 0) is 44.6 Å². The fourth-order valence-corrected chi connectivity index (χ4v) is 7.47. The lowest BCUT2D eigenvalue weighted by Gasteiger charge is -2.32. The van der Waals surface area contributed by atoms with Crippen LogP contribution in [0.25, 0.3) is 11.1 Å². The lowest BCUT2D eigenvalue weighted by atomic mass is 9.98. The van der Waals surface area contributed by atoms with Crippen LogP contribution in [0.1, 0.15) is 56.2 Å². The van der Waals surface area contributed by atoms with Gasteiger partial charge >= 0.3 is 12.1 Å². The minimum Gasteiger partial charge on any atom is -0.466 e. The van der Waals surface area contributed by atoms with E-state index in [1.54, 1.807) is 32.5 Å². The van der Waals surface area contributed by atoms with Crippen molar-refractivity contribution in [3.8, 4) is 11.1 Å². The third kappa shape index (κ3) is 8.75. The van der Waals surface area contributed by atoms with Crippen LogP contribution >= 0.6 is 11.8 Å². The predicted molar refractivity (Wildman–Crippen MR) is 192 cm³/mol. The molecule has 2 N–H and O–H groups in total. The summed E-state index contributed by atoms with van der Waals surface area (Å²) in [6.07, 6.45) is -1.57. The van der Waals surface area contributed by atoms with Gasteiger partial charge in [0.1, 0.15) is 31.0 Å². The normalized spacial score (nSPS) is 22.7. The SMILES string of the molecule is CCOC(=O)C[C@@H](NC(=O)[C@H](CCSC)NC(=O)OCC1c2ccccc2-c2ccccc21)[C@H]1O[C@@H]2OC(C)(C)O[C@@H]2[C@H]1OCc1ccccc1. The monoisotopic (exact) mass is 718 g/mol. The van der Waals surface area contributed by atoms with Crippen molar-refractivity contribution >= 4 is 29.7 Å².